The summed E-state index contributed by atoms with van der Waals surface area (Å²) in [6.07, 6.45) is 5.31. The van der Waals surface area contributed by atoms with Crippen molar-refractivity contribution < 1.29 is 9.78 Å². The van der Waals surface area contributed by atoms with Crippen molar-refractivity contribution in [3.05, 3.63) is 96.0 Å². The van der Waals surface area contributed by atoms with Gasteiger partial charge in [-0.2, -0.15) is 0 Å². The van der Waals surface area contributed by atoms with E-state index < -0.39 is 0 Å². The maximum absolute atomic E-state index is 5.32. The number of allylic oxidation sites excluding steroid dienone is 3. The third-order valence-electron chi connectivity index (χ3n) is 3.09. The Labute approximate surface area is 112 Å². The smallest absolute Gasteiger partial charge is 0.167 e. The van der Waals surface area contributed by atoms with Crippen molar-refractivity contribution in [1.29, 1.82) is 0 Å². The van der Waals surface area contributed by atoms with Gasteiger partial charge in [-0.25, -0.2) is 0 Å². The van der Waals surface area contributed by atoms with Crippen molar-refractivity contribution in [1.82, 2.24) is 0 Å². The standard InChI is InChI=1S/C17H14O2/c1-3-8-14(9-4-1)17(15-10-5-2-6-11-15)16-12-7-13-18-19-16/h1-13,17H. The Morgan fingerprint density at radius 1 is 0.737 bits per heavy atom. The van der Waals surface area contributed by atoms with E-state index in [1.807, 2.05) is 48.6 Å². The Bertz CT molecular complexity index is 546. The van der Waals surface area contributed by atoms with Gasteiger partial charge in [-0.05, 0) is 23.3 Å². The van der Waals surface area contributed by atoms with E-state index in [0.717, 1.165) is 5.76 Å². The summed E-state index contributed by atoms with van der Waals surface area (Å²) in [4.78, 5) is 10.3. The maximum Gasteiger partial charge on any atom is 0.167 e. The Morgan fingerprint density at radius 2 is 1.32 bits per heavy atom. The topological polar surface area (TPSA) is 18.5 Å². The van der Waals surface area contributed by atoms with E-state index in [1.54, 1.807) is 0 Å². The lowest BCUT2D eigenvalue weighted by Gasteiger charge is -2.21. The zero-order valence-corrected chi connectivity index (χ0v) is 10.4. The average molecular weight is 250 g/mol. The van der Waals surface area contributed by atoms with Gasteiger partial charge in [0.25, 0.3) is 0 Å². The predicted molar refractivity (Wildman–Crippen MR) is 74.1 cm³/mol. The lowest BCUT2D eigenvalue weighted by Crippen LogP contribution is -2.08. The molecule has 0 bridgehead atoms. The highest BCUT2D eigenvalue weighted by atomic mass is 17.2. The first kappa shape index (κ1) is 11.6. The Balaban J connectivity index is 2.06. The summed E-state index contributed by atoms with van der Waals surface area (Å²) in [7, 11) is 0. The number of rotatable bonds is 3. The van der Waals surface area contributed by atoms with Gasteiger partial charge < -0.3 is 0 Å². The van der Waals surface area contributed by atoms with Gasteiger partial charge in [-0.3, -0.25) is 9.78 Å². The minimum absolute atomic E-state index is 0.0485. The van der Waals surface area contributed by atoms with Crippen molar-refractivity contribution in [2.75, 3.05) is 0 Å². The summed E-state index contributed by atoms with van der Waals surface area (Å²) in [5, 5.41) is 0. The largest absolute Gasteiger partial charge is 0.298 e. The minimum atomic E-state index is 0.0485. The Morgan fingerprint density at radius 3 is 1.79 bits per heavy atom. The third kappa shape index (κ3) is 2.52. The molecule has 0 N–H and O–H groups in total. The van der Waals surface area contributed by atoms with Crippen molar-refractivity contribution in [3.63, 3.8) is 0 Å². The van der Waals surface area contributed by atoms with Crippen LogP contribution in [0.4, 0.5) is 0 Å². The first-order valence-corrected chi connectivity index (χ1v) is 6.25. The molecule has 0 saturated carbocycles. The van der Waals surface area contributed by atoms with E-state index in [2.05, 4.69) is 24.3 Å². The van der Waals surface area contributed by atoms with E-state index in [9.17, 15) is 0 Å². The van der Waals surface area contributed by atoms with Crippen LogP contribution in [0.15, 0.2) is 84.8 Å². The van der Waals surface area contributed by atoms with Crippen molar-refractivity contribution in [3.8, 4) is 0 Å². The molecule has 0 unspecified atom stereocenters. The molecular weight excluding hydrogens is 236 g/mol. The molecule has 0 aliphatic carbocycles. The molecule has 2 aromatic carbocycles. The van der Waals surface area contributed by atoms with Gasteiger partial charge in [0.05, 0.1) is 5.92 Å². The van der Waals surface area contributed by atoms with Crippen molar-refractivity contribution in [2.45, 2.75) is 5.92 Å². The Kier molecular flexibility index (Phi) is 3.32. The predicted octanol–water partition coefficient (Wildman–Crippen LogP) is 4.18. The molecule has 2 heteroatoms. The zero-order chi connectivity index (χ0) is 12.9. The second kappa shape index (κ2) is 5.44. The lowest BCUT2D eigenvalue weighted by atomic mass is 9.89. The van der Waals surface area contributed by atoms with Crippen LogP contribution < -0.4 is 0 Å². The summed E-state index contributed by atoms with van der Waals surface area (Å²) in [6.45, 7) is 0. The van der Waals surface area contributed by atoms with Crippen LogP contribution in [0.3, 0.4) is 0 Å². The van der Waals surface area contributed by atoms with E-state index in [1.165, 1.54) is 17.4 Å². The highest BCUT2D eigenvalue weighted by molar-refractivity contribution is 5.40. The highest BCUT2D eigenvalue weighted by Gasteiger charge is 2.22. The molecule has 0 atom stereocenters. The molecule has 2 aromatic rings. The molecular formula is C17H14O2. The van der Waals surface area contributed by atoms with Crippen molar-refractivity contribution in [2.24, 2.45) is 0 Å². The second-order valence-electron chi connectivity index (χ2n) is 4.33. The van der Waals surface area contributed by atoms with Crippen LogP contribution in [0, 0.1) is 0 Å². The summed E-state index contributed by atoms with van der Waals surface area (Å²) >= 11 is 0. The van der Waals surface area contributed by atoms with Gasteiger partial charge in [0.1, 0.15) is 6.26 Å². The van der Waals surface area contributed by atoms with Gasteiger partial charge in [0.15, 0.2) is 5.76 Å². The second-order valence-corrected chi connectivity index (χ2v) is 4.33. The molecule has 0 amide bonds. The van der Waals surface area contributed by atoms with Gasteiger partial charge in [-0.15, -0.1) is 0 Å². The molecule has 1 aliphatic rings. The first-order valence-electron chi connectivity index (χ1n) is 6.25. The molecule has 3 rings (SSSR count). The fraction of sp³-hybridized carbons (Fsp3) is 0.0588. The molecule has 0 saturated heterocycles. The maximum atomic E-state index is 5.32. The number of benzene rings is 2. The SMILES string of the molecule is C1=COOC(C(c2ccccc2)c2ccccc2)=C1. The molecule has 2 nitrogen and oxygen atoms in total. The van der Waals surface area contributed by atoms with Crippen LogP contribution >= 0.6 is 0 Å². The van der Waals surface area contributed by atoms with Crippen molar-refractivity contribution >= 4 is 0 Å². The van der Waals surface area contributed by atoms with Gasteiger partial charge in [-0.1, -0.05) is 60.7 Å². The summed E-state index contributed by atoms with van der Waals surface area (Å²) < 4.78 is 0. The number of hydrogen-bond donors (Lipinski definition) is 0. The quantitative estimate of drug-likeness (QED) is 0.761. The van der Waals surface area contributed by atoms with Gasteiger partial charge in [0, 0.05) is 0 Å². The molecule has 1 aliphatic heterocycles. The normalized spacial score (nSPS) is 13.6. The van der Waals surface area contributed by atoms with E-state index in [4.69, 9.17) is 9.78 Å². The fourth-order valence-electron chi connectivity index (χ4n) is 2.23. The molecule has 1 heterocycles. The molecule has 19 heavy (non-hydrogen) atoms. The van der Waals surface area contributed by atoms with Crippen LogP contribution in [0.2, 0.25) is 0 Å². The first-order chi connectivity index (χ1) is 9.45. The summed E-state index contributed by atoms with van der Waals surface area (Å²) in [5.74, 6) is 0.840. The van der Waals surface area contributed by atoms with Crippen LogP contribution in [0.1, 0.15) is 17.0 Å². The summed E-state index contributed by atoms with van der Waals surface area (Å²) in [5.41, 5.74) is 2.36. The van der Waals surface area contributed by atoms with E-state index in [0.29, 0.717) is 0 Å². The van der Waals surface area contributed by atoms with E-state index >= 15 is 0 Å². The van der Waals surface area contributed by atoms with Crippen LogP contribution in [-0.4, -0.2) is 0 Å². The molecule has 0 spiro atoms. The third-order valence-corrected chi connectivity index (χ3v) is 3.09. The van der Waals surface area contributed by atoms with Crippen LogP contribution in [0.5, 0.6) is 0 Å². The van der Waals surface area contributed by atoms with Gasteiger partial charge in [0.2, 0.25) is 0 Å². The van der Waals surface area contributed by atoms with Gasteiger partial charge >= 0.3 is 0 Å². The average Bonchev–Trinajstić information content (AvgIpc) is 2.51. The van der Waals surface area contributed by atoms with E-state index in [-0.39, 0.29) is 5.92 Å². The number of hydrogen-bond acceptors (Lipinski definition) is 2. The zero-order valence-electron chi connectivity index (χ0n) is 10.4. The molecule has 0 aromatic heterocycles. The molecule has 0 radical (unpaired) electrons. The lowest BCUT2D eigenvalue weighted by molar-refractivity contribution is -0.217. The molecule has 0 fully saturated rings. The molecule has 94 valence electrons. The van der Waals surface area contributed by atoms with Crippen LogP contribution in [-0.2, 0) is 9.78 Å². The highest BCUT2D eigenvalue weighted by Crippen LogP contribution is 2.33. The fourth-order valence-corrected chi connectivity index (χ4v) is 2.23. The minimum Gasteiger partial charge on any atom is -0.298 e. The monoisotopic (exact) mass is 250 g/mol. The Hall–Kier alpha value is -2.48. The summed E-state index contributed by atoms with van der Waals surface area (Å²) in [6, 6.07) is 20.5. The van der Waals surface area contributed by atoms with Crippen LogP contribution in [0.25, 0.3) is 0 Å².